The Morgan fingerprint density at radius 3 is 2.68 bits per heavy atom. The minimum Gasteiger partial charge on any atom is -0.444 e. The third kappa shape index (κ3) is 3.57. The Hall–Kier alpha value is -1.50. The lowest BCUT2D eigenvalue weighted by molar-refractivity contribution is 0.0111. The molecule has 1 aromatic rings. The molecule has 2 saturated heterocycles. The van der Waals surface area contributed by atoms with Gasteiger partial charge in [0, 0.05) is 37.4 Å². The molecule has 0 aromatic carbocycles. The summed E-state index contributed by atoms with van der Waals surface area (Å²) < 4.78 is 8.07. The van der Waals surface area contributed by atoms with Gasteiger partial charge in [0.25, 0.3) is 5.56 Å². The van der Waals surface area contributed by atoms with Gasteiger partial charge >= 0.3 is 6.09 Å². The first kappa shape index (κ1) is 18.3. The summed E-state index contributed by atoms with van der Waals surface area (Å²) in [5.74, 6) is 0. The normalized spacial score (nSPS) is 23.6. The number of hydrogen-bond acceptors (Lipinski definition) is 4. The van der Waals surface area contributed by atoms with Crippen molar-refractivity contribution in [1.82, 2.24) is 9.47 Å². The van der Waals surface area contributed by atoms with Gasteiger partial charge in [0.1, 0.15) is 11.3 Å². The van der Waals surface area contributed by atoms with Crippen molar-refractivity contribution in [3.05, 3.63) is 27.1 Å². The van der Waals surface area contributed by atoms with Crippen LogP contribution in [-0.2, 0) is 11.8 Å². The van der Waals surface area contributed by atoms with E-state index in [1.807, 2.05) is 31.7 Å². The Morgan fingerprint density at radius 2 is 2.00 bits per heavy atom. The van der Waals surface area contributed by atoms with Crippen LogP contribution in [-0.4, -0.2) is 46.3 Å². The SMILES string of the molecule is Cn1cc(Br)cc(N2CCC3(CCCN3C(=O)OC(C)(C)C)C2)c1=O. The highest BCUT2D eigenvalue weighted by Gasteiger charge is 2.49. The third-order valence-electron chi connectivity index (χ3n) is 5.01. The van der Waals surface area contributed by atoms with E-state index in [-0.39, 0.29) is 17.2 Å². The second-order valence-electron chi connectivity index (χ2n) is 8.09. The first-order valence-corrected chi connectivity index (χ1v) is 9.52. The molecule has 6 nitrogen and oxygen atoms in total. The first-order valence-electron chi connectivity index (χ1n) is 8.73. The lowest BCUT2D eigenvalue weighted by Crippen LogP contribution is -2.51. The first-order chi connectivity index (χ1) is 11.6. The van der Waals surface area contributed by atoms with Gasteiger partial charge in [-0.1, -0.05) is 0 Å². The number of hydrogen-bond donors (Lipinski definition) is 0. The van der Waals surface area contributed by atoms with Crippen molar-refractivity contribution in [2.45, 2.75) is 51.2 Å². The van der Waals surface area contributed by atoms with E-state index in [4.69, 9.17) is 4.74 Å². The lowest BCUT2D eigenvalue weighted by Gasteiger charge is -2.36. The number of halogens is 1. The number of aryl methyl sites for hydroxylation is 1. The molecule has 2 aliphatic rings. The van der Waals surface area contributed by atoms with Crippen molar-refractivity contribution >= 4 is 27.7 Å². The van der Waals surface area contributed by atoms with Gasteiger partial charge in [0.2, 0.25) is 0 Å². The van der Waals surface area contributed by atoms with E-state index in [1.54, 1.807) is 17.8 Å². The summed E-state index contributed by atoms with van der Waals surface area (Å²) >= 11 is 3.47. The summed E-state index contributed by atoms with van der Waals surface area (Å²) in [6, 6.07) is 1.87. The Balaban J connectivity index is 1.83. The van der Waals surface area contributed by atoms with Crippen LogP contribution in [0.2, 0.25) is 0 Å². The van der Waals surface area contributed by atoms with Crippen LogP contribution >= 0.6 is 15.9 Å². The van der Waals surface area contributed by atoms with E-state index in [9.17, 15) is 9.59 Å². The molecule has 1 unspecified atom stereocenters. The quantitative estimate of drug-likeness (QED) is 0.712. The molecule has 1 atom stereocenters. The van der Waals surface area contributed by atoms with Crippen LogP contribution in [0, 0.1) is 0 Å². The fraction of sp³-hybridized carbons (Fsp3) is 0.667. The van der Waals surface area contributed by atoms with E-state index in [1.165, 1.54) is 0 Å². The highest BCUT2D eigenvalue weighted by Crippen LogP contribution is 2.39. The van der Waals surface area contributed by atoms with E-state index < -0.39 is 5.60 Å². The molecule has 1 spiro atoms. The van der Waals surface area contributed by atoms with E-state index in [0.29, 0.717) is 12.2 Å². The predicted molar refractivity (Wildman–Crippen MR) is 101 cm³/mol. The number of carbonyl (C=O) groups excluding carboxylic acids is 1. The molecular weight excluding hydrogens is 386 g/mol. The van der Waals surface area contributed by atoms with Gasteiger partial charge in [-0.25, -0.2) is 4.79 Å². The maximum atomic E-state index is 12.7. The summed E-state index contributed by atoms with van der Waals surface area (Å²) in [5, 5.41) is 0. The molecule has 0 bridgehead atoms. The van der Waals surface area contributed by atoms with Crippen molar-refractivity contribution in [3.8, 4) is 0 Å². The molecule has 1 amide bonds. The minimum absolute atomic E-state index is 0.0120. The van der Waals surface area contributed by atoms with Crippen LogP contribution in [0.3, 0.4) is 0 Å². The minimum atomic E-state index is -0.501. The summed E-state index contributed by atoms with van der Waals surface area (Å²) in [6.07, 6.45) is 4.32. The number of carbonyl (C=O) groups is 1. The van der Waals surface area contributed by atoms with Gasteiger partial charge in [0.05, 0.1) is 5.54 Å². The number of ether oxygens (including phenoxy) is 1. The monoisotopic (exact) mass is 411 g/mol. The summed E-state index contributed by atoms with van der Waals surface area (Å²) in [5.41, 5.74) is -0.0541. The standard InChI is InChI=1S/C18H26BrN3O3/c1-17(2,3)25-16(24)22-8-5-6-18(22)7-9-21(12-18)14-10-13(19)11-20(4)15(14)23/h10-11H,5-9,12H2,1-4H3. The molecule has 2 fully saturated rings. The second-order valence-corrected chi connectivity index (χ2v) is 9.01. The van der Waals surface area contributed by atoms with Crippen molar-refractivity contribution in [2.24, 2.45) is 7.05 Å². The number of pyridine rings is 1. The number of nitrogens with zero attached hydrogens (tertiary/aromatic N) is 3. The van der Waals surface area contributed by atoms with Crippen LogP contribution < -0.4 is 10.5 Å². The zero-order chi connectivity index (χ0) is 18.4. The van der Waals surface area contributed by atoms with Crippen LogP contribution in [0.5, 0.6) is 0 Å². The van der Waals surface area contributed by atoms with Crippen LogP contribution in [0.4, 0.5) is 10.5 Å². The molecule has 138 valence electrons. The smallest absolute Gasteiger partial charge is 0.410 e. The van der Waals surface area contributed by atoms with Gasteiger partial charge < -0.3 is 19.1 Å². The molecule has 0 N–H and O–H groups in total. The van der Waals surface area contributed by atoms with Crippen molar-refractivity contribution in [3.63, 3.8) is 0 Å². The van der Waals surface area contributed by atoms with Gasteiger partial charge in [-0.3, -0.25) is 4.79 Å². The van der Waals surface area contributed by atoms with Crippen LogP contribution in [0.15, 0.2) is 21.5 Å². The van der Waals surface area contributed by atoms with Gasteiger partial charge in [-0.05, 0) is 62.0 Å². The predicted octanol–water partition coefficient (Wildman–Crippen LogP) is 3.13. The molecule has 0 radical (unpaired) electrons. The largest absolute Gasteiger partial charge is 0.444 e. The van der Waals surface area contributed by atoms with Gasteiger partial charge in [0.15, 0.2) is 0 Å². The summed E-state index contributed by atoms with van der Waals surface area (Å²) in [7, 11) is 1.75. The number of rotatable bonds is 1. The molecule has 25 heavy (non-hydrogen) atoms. The Morgan fingerprint density at radius 1 is 1.28 bits per heavy atom. The number of likely N-dealkylation sites (tertiary alicyclic amines) is 1. The highest BCUT2D eigenvalue weighted by atomic mass is 79.9. The number of amides is 1. The fourth-order valence-corrected chi connectivity index (χ4v) is 4.43. The Labute approximate surface area is 156 Å². The van der Waals surface area contributed by atoms with Crippen molar-refractivity contribution in [2.75, 3.05) is 24.5 Å². The molecule has 3 rings (SSSR count). The average Bonchev–Trinajstić information content (AvgIpc) is 3.09. The molecule has 3 heterocycles. The van der Waals surface area contributed by atoms with Crippen LogP contribution in [0.25, 0.3) is 0 Å². The average molecular weight is 412 g/mol. The highest BCUT2D eigenvalue weighted by molar-refractivity contribution is 9.10. The Kier molecular flexibility index (Phi) is 4.64. The van der Waals surface area contributed by atoms with Crippen LogP contribution in [0.1, 0.15) is 40.0 Å². The maximum absolute atomic E-state index is 12.7. The molecule has 2 aliphatic heterocycles. The molecular formula is C18H26BrN3O3. The third-order valence-corrected chi connectivity index (χ3v) is 5.45. The second kappa shape index (κ2) is 6.34. The van der Waals surface area contributed by atoms with E-state index in [2.05, 4.69) is 20.8 Å². The molecule has 1 aromatic heterocycles. The number of aromatic nitrogens is 1. The zero-order valence-corrected chi connectivity index (χ0v) is 16.9. The van der Waals surface area contributed by atoms with Gasteiger partial charge in [-0.15, -0.1) is 0 Å². The van der Waals surface area contributed by atoms with E-state index in [0.717, 1.165) is 36.8 Å². The zero-order valence-electron chi connectivity index (χ0n) is 15.3. The molecule has 0 aliphatic carbocycles. The summed E-state index contributed by atoms with van der Waals surface area (Å²) in [6.45, 7) is 7.83. The lowest BCUT2D eigenvalue weighted by atomic mass is 9.95. The molecule has 7 heteroatoms. The van der Waals surface area contributed by atoms with Crippen molar-refractivity contribution < 1.29 is 9.53 Å². The van der Waals surface area contributed by atoms with Gasteiger partial charge in [-0.2, -0.15) is 0 Å². The topological polar surface area (TPSA) is 54.8 Å². The fourth-order valence-electron chi connectivity index (χ4n) is 3.91. The Bertz CT molecular complexity index is 740. The molecule has 0 saturated carbocycles. The van der Waals surface area contributed by atoms with E-state index >= 15 is 0 Å². The van der Waals surface area contributed by atoms with Crippen molar-refractivity contribution in [1.29, 1.82) is 0 Å². The summed E-state index contributed by atoms with van der Waals surface area (Å²) in [4.78, 5) is 29.2. The maximum Gasteiger partial charge on any atom is 0.410 e. The number of anilines is 1.